The highest BCUT2D eigenvalue weighted by Crippen LogP contribution is 2.48. The van der Waals surface area contributed by atoms with E-state index in [1.54, 1.807) is 0 Å². The van der Waals surface area contributed by atoms with Crippen molar-refractivity contribution in [3.63, 3.8) is 0 Å². The Balaban J connectivity index is 1.45. The van der Waals surface area contributed by atoms with Gasteiger partial charge in [-0.05, 0) is 43.9 Å². The maximum atomic E-state index is 4.98. The van der Waals surface area contributed by atoms with E-state index in [-0.39, 0.29) is 0 Å². The van der Waals surface area contributed by atoms with Gasteiger partial charge in [0.25, 0.3) is 0 Å². The summed E-state index contributed by atoms with van der Waals surface area (Å²) in [6.45, 7) is 2.58. The summed E-state index contributed by atoms with van der Waals surface area (Å²) in [7, 11) is 0. The lowest BCUT2D eigenvalue weighted by Crippen LogP contribution is -2.36. The summed E-state index contributed by atoms with van der Waals surface area (Å²) >= 11 is 0. The predicted molar refractivity (Wildman–Crippen MR) is 69.0 cm³/mol. The van der Waals surface area contributed by atoms with Crippen LogP contribution in [0, 0.1) is 12.3 Å². The van der Waals surface area contributed by atoms with Crippen LogP contribution in [0.25, 0.3) is 0 Å². The van der Waals surface area contributed by atoms with Crippen LogP contribution in [-0.2, 0) is 6.54 Å². The molecule has 3 rings (SSSR count). The topological polar surface area (TPSA) is 51.0 Å². The van der Waals surface area contributed by atoms with Gasteiger partial charge in [0.05, 0.1) is 6.54 Å². The second-order valence-electron chi connectivity index (χ2n) is 6.09. The minimum atomic E-state index is 0.648. The molecule has 1 spiro atoms. The molecule has 0 aromatic carbocycles. The van der Waals surface area contributed by atoms with Crippen LogP contribution in [0.3, 0.4) is 0 Å². The Morgan fingerprint density at radius 1 is 1.22 bits per heavy atom. The monoisotopic (exact) mass is 249 g/mol. The van der Waals surface area contributed by atoms with Crippen molar-refractivity contribution in [3.05, 3.63) is 11.7 Å². The van der Waals surface area contributed by atoms with Gasteiger partial charge in [0, 0.05) is 13.0 Å². The molecular weight excluding hydrogens is 226 g/mol. The Morgan fingerprint density at radius 3 is 2.56 bits per heavy atom. The summed E-state index contributed by atoms with van der Waals surface area (Å²) in [6.07, 6.45) is 11.3. The van der Waals surface area contributed by atoms with Crippen LogP contribution in [0.1, 0.15) is 63.1 Å². The highest BCUT2D eigenvalue weighted by atomic mass is 16.5. The second-order valence-corrected chi connectivity index (χ2v) is 6.09. The fourth-order valence-corrected chi connectivity index (χ4v) is 3.71. The van der Waals surface area contributed by atoms with Crippen LogP contribution in [0.5, 0.6) is 0 Å². The minimum Gasteiger partial charge on any atom is -0.340 e. The maximum Gasteiger partial charge on any atom is 0.223 e. The van der Waals surface area contributed by atoms with E-state index in [0.29, 0.717) is 11.9 Å². The third kappa shape index (κ3) is 2.58. The summed E-state index contributed by atoms with van der Waals surface area (Å²) in [6, 6.07) is 0.648. The molecule has 1 heterocycles. The zero-order valence-corrected chi connectivity index (χ0v) is 11.2. The first-order valence-electron chi connectivity index (χ1n) is 7.28. The highest BCUT2D eigenvalue weighted by molar-refractivity contribution is 4.92. The van der Waals surface area contributed by atoms with Crippen LogP contribution in [-0.4, -0.2) is 16.2 Å². The lowest BCUT2D eigenvalue weighted by Gasteiger charge is -2.37. The van der Waals surface area contributed by atoms with Crippen molar-refractivity contribution >= 4 is 0 Å². The summed E-state index contributed by atoms with van der Waals surface area (Å²) < 4.78 is 4.98. The molecule has 4 nitrogen and oxygen atoms in total. The molecule has 1 N–H and O–H groups in total. The van der Waals surface area contributed by atoms with Crippen molar-refractivity contribution in [2.75, 3.05) is 0 Å². The molecule has 1 aromatic rings. The summed E-state index contributed by atoms with van der Waals surface area (Å²) in [5.41, 5.74) is 0.723. The van der Waals surface area contributed by atoms with Gasteiger partial charge in [-0.2, -0.15) is 4.98 Å². The van der Waals surface area contributed by atoms with Crippen LogP contribution in [0.15, 0.2) is 4.52 Å². The Labute approximate surface area is 109 Å². The fraction of sp³-hybridized carbons (Fsp3) is 0.857. The molecule has 2 saturated carbocycles. The number of aryl methyl sites for hydroxylation is 1. The van der Waals surface area contributed by atoms with Crippen molar-refractivity contribution in [2.45, 2.75) is 70.9 Å². The van der Waals surface area contributed by atoms with Gasteiger partial charge in [-0.25, -0.2) is 0 Å². The number of hydrogen-bond donors (Lipinski definition) is 1. The average Bonchev–Trinajstić information content (AvgIpc) is 2.99. The van der Waals surface area contributed by atoms with Crippen LogP contribution in [0.4, 0.5) is 0 Å². The Kier molecular flexibility index (Phi) is 3.37. The maximum absolute atomic E-state index is 4.98. The van der Waals surface area contributed by atoms with E-state index in [1.165, 1.54) is 51.4 Å². The lowest BCUT2D eigenvalue weighted by molar-refractivity contribution is 0.167. The molecule has 0 bridgehead atoms. The van der Waals surface area contributed by atoms with E-state index in [4.69, 9.17) is 4.52 Å². The summed E-state index contributed by atoms with van der Waals surface area (Å²) in [5, 5.41) is 7.50. The van der Waals surface area contributed by atoms with Crippen LogP contribution in [0.2, 0.25) is 0 Å². The molecule has 4 heteroatoms. The van der Waals surface area contributed by atoms with Gasteiger partial charge >= 0.3 is 0 Å². The molecule has 0 unspecified atom stereocenters. The largest absolute Gasteiger partial charge is 0.340 e. The van der Waals surface area contributed by atoms with Gasteiger partial charge in [0.2, 0.25) is 5.89 Å². The SMILES string of the molecule is Cc1nc(CNC2CCC3(CCCC3)CC2)no1. The Morgan fingerprint density at radius 2 is 1.94 bits per heavy atom. The van der Waals surface area contributed by atoms with Crippen molar-refractivity contribution in [1.29, 1.82) is 0 Å². The van der Waals surface area contributed by atoms with Crippen molar-refractivity contribution in [1.82, 2.24) is 15.5 Å². The van der Waals surface area contributed by atoms with Gasteiger partial charge in [0.1, 0.15) is 0 Å². The zero-order chi connectivity index (χ0) is 12.4. The zero-order valence-electron chi connectivity index (χ0n) is 11.2. The minimum absolute atomic E-state index is 0.648. The number of nitrogens with zero attached hydrogens (tertiary/aromatic N) is 2. The van der Waals surface area contributed by atoms with Crippen molar-refractivity contribution < 1.29 is 4.52 Å². The first kappa shape index (κ1) is 12.2. The van der Waals surface area contributed by atoms with E-state index in [9.17, 15) is 0 Å². The Bertz CT molecular complexity index is 385. The van der Waals surface area contributed by atoms with E-state index >= 15 is 0 Å². The molecule has 0 amide bonds. The molecule has 2 aliphatic rings. The van der Waals surface area contributed by atoms with Gasteiger partial charge in [-0.1, -0.05) is 18.0 Å². The smallest absolute Gasteiger partial charge is 0.223 e. The first-order valence-corrected chi connectivity index (χ1v) is 7.28. The van der Waals surface area contributed by atoms with E-state index in [2.05, 4.69) is 15.5 Å². The molecule has 2 fully saturated rings. The number of hydrogen-bond acceptors (Lipinski definition) is 4. The van der Waals surface area contributed by atoms with Crippen molar-refractivity contribution in [3.8, 4) is 0 Å². The lowest BCUT2D eigenvalue weighted by atomic mass is 9.71. The molecule has 0 saturated heterocycles. The van der Waals surface area contributed by atoms with Gasteiger partial charge in [-0.15, -0.1) is 0 Å². The van der Waals surface area contributed by atoms with Crippen LogP contribution >= 0.6 is 0 Å². The molecule has 18 heavy (non-hydrogen) atoms. The van der Waals surface area contributed by atoms with E-state index < -0.39 is 0 Å². The molecule has 0 radical (unpaired) electrons. The number of aromatic nitrogens is 2. The molecule has 0 aliphatic heterocycles. The van der Waals surface area contributed by atoms with E-state index in [0.717, 1.165) is 17.8 Å². The van der Waals surface area contributed by atoms with Gasteiger partial charge in [-0.3, -0.25) is 0 Å². The first-order chi connectivity index (χ1) is 8.76. The average molecular weight is 249 g/mol. The second kappa shape index (κ2) is 5.00. The molecule has 0 atom stereocenters. The van der Waals surface area contributed by atoms with E-state index in [1.807, 2.05) is 6.92 Å². The van der Waals surface area contributed by atoms with Crippen molar-refractivity contribution in [2.24, 2.45) is 5.41 Å². The quantitative estimate of drug-likeness (QED) is 0.894. The third-order valence-electron chi connectivity index (χ3n) is 4.83. The molecule has 100 valence electrons. The van der Waals surface area contributed by atoms with Gasteiger partial charge in [0.15, 0.2) is 5.82 Å². The van der Waals surface area contributed by atoms with Crippen LogP contribution < -0.4 is 5.32 Å². The third-order valence-corrected chi connectivity index (χ3v) is 4.83. The highest BCUT2D eigenvalue weighted by Gasteiger charge is 2.37. The fourth-order valence-electron chi connectivity index (χ4n) is 3.71. The number of rotatable bonds is 3. The molecule has 1 aromatic heterocycles. The normalized spacial score (nSPS) is 23.8. The molecular formula is C14H23N3O. The number of nitrogens with one attached hydrogen (secondary N) is 1. The predicted octanol–water partition coefficient (Wildman–Crippen LogP) is 2.97. The summed E-state index contributed by atoms with van der Waals surface area (Å²) in [4.78, 5) is 4.23. The van der Waals surface area contributed by atoms with Gasteiger partial charge < -0.3 is 9.84 Å². The Hall–Kier alpha value is -0.900. The summed E-state index contributed by atoms with van der Waals surface area (Å²) in [5.74, 6) is 1.44. The standard InChI is InChI=1S/C14H23N3O/c1-11-16-13(17-18-11)10-15-12-4-8-14(9-5-12)6-2-3-7-14/h12,15H,2-10H2,1H3. The molecule has 2 aliphatic carbocycles.